The highest BCUT2D eigenvalue weighted by molar-refractivity contribution is 7.13. The Hall–Kier alpha value is -0.740. The number of hydrogen-bond donors (Lipinski definition) is 0. The van der Waals surface area contributed by atoms with Crippen molar-refractivity contribution in [1.29, 1.82) is 0 Å². The lowest BCUT2D eigenvalue weighted by atomic mass is 10.5. The molecule has 2 heterocycles. The Morgan fingerprint density at radius 3 is 3.20 bits per heavy atom. The fourth-order valence-electron chi connectivity index (χ4n) is 0.670. The van der Waals surface area contributed by atoms with Gasteiger partial charge in [-0.15, -0.1) is 5.10 Å². The Morgan fingerprint density at radius 2 is 2.40 bits per heavy atom. The second-order valence-corrected chi connectivity index (χ2v) is 2.88. The zero-order valence-electron chi connectivity index (χ0n) is 4.78. The summed E-state index contributed by atoms with van der Waals surface area (Å²) in [5.74, 6) is 0. The summed E-state index contributed by atoms with van der Waals surface area (Å²) in [5, 5.41) is 4.42. The van der Waals surface area contributed by atoms with Gasteiger partial charge in [-0.2, -0.15) is 0 Å². The van der Waals surface area contributed by atoms with Gasteiger partial charge >= 0.3 is 0 Å². The smallest absolute Gasteiger partial charge is 0.195 e. The summed E-state index contributed by atoms with van der Waals surface area (Å²) < 4.78 is 4.56. The number of pyridine rings is 1. The summed E-state index contributed by atoms with van der Waals surface area (Å²) in [6.07, 6.45) is 1.62. The van der Waals surface area contributed by atoms with Crippen LogP contribution >= 0.6 is 23.1 Å². The SMILES string of the molecule is Clc1ccnc2nnsc12. The predicted octanol–water partition coefficient (Wildman–Crippen LogP) is 1.74. The third kappa shape index (κ3) is 0.767. The molecule has 0 saturated heterocycles. The van der Waals surface area contributed by atoms with Gasteiger partial charge in [0, 0.05) is 6.20 Å². The van der Waals surface area contributed by atoms with Crippen LogP contribution in [-0.2, 0) is 0 Å². The largest absolute Gasteiger partial charge is 0.234 e. The number of hydrogen-bond acceptors (Lipinski definition) is 4. The average Bonchev–Trinajstić information content (AvgIpc) is 2.36. The molecule has 50 valence electrons. The first-order chi connectivity index (χ1) is 4.88. The Balaban J connectivity index is 2.95. The van der Waals surface area contributed by atoms with Gasteiger partial charge in [-0.25, -0.2) is 4.98 Å². The van der Waals surface area contributed by atoms with Gasteiger partial charge in [0.05, 0.1) is 5.02 Å². The van der Waals surface area contributed by atoms with Crippen LogP contribution in [0.5, 0.6) is 0 Å². The molecule has 0 atom stereocenters. The van der Waals surface area contributed by atoms with Crippen molar-refractivity contribution < 1.29 is 0 Å². The molecule has 0 amide bonds. The van der Waals surface area contributed by atoms with Crippen LogP contribution in [0.1, 0.15) is 0 Å². The minimum atomic E-state index is 0.623. The lowest BCUT2D eigenvalue weighted by Crippen LogP contribution is -1.74. The number of rotatable bonds is 0. The number of fused-ring (bicyclic) bond motifs is 1. The standard InChI is InChI=1S/C5H2ClN3S/c6-3-1-2-7-5-4(3)10-9-8-5/h1-2H. The maximum absolute atomic E-state index is 5.79. The van der Waals surface area contributed by atoms with Crippen LogP contribution in [0.15, 0.2) is 12.3 Å². The van der Waals surface area contributed by atoms with Gasteiger partial charge in [-0.3, -0.25) is 0 Å². The van der Waals surface area contributed by atoms with Gasteiger partial charge < -0.3 is 0 Å². The molecule has 0 aliphatic heterocycles. The van der Waals surface area contributed by atoms with Gasteiger partial charge in [0.15, 0.2) is 5.65 Å². The second kappa shape index (κ2) is 2.14. The van der Waals surface area contributed by atoms with Crippen LogP contribution in [0.2, 0.25) is 5.02 Å². The average molecular weight is 172 g/mol. The molecule has 0 spiro atoms. The third-order valence-corrected chi connectivity index (χ3v) is 2.28. The highest BCUT2D eigenvalue weighted by Gasteiger charge is 2.01. The molecule has 10 heavy (non-hydrogen) atoms. The summed E-state index contributed by atoms with van der Waals surface area (Å²) in [6, 6.07) is 1.73. The van der Waals surface area contributed by atoms with E-state index in [2.05, 4.69) is 14.6 Å². The van der Waals surface area contributed by atoms with E-state index in [4.69, 9.17) is 11.6 Å². The molecular weight excluding hydrogens is 170 g/mol. The molecule has 0 aromatic carbocycles. The van der Waals surface area contributed by atoms with E-state index < -0.39 is 0 Å². The first kappa shape index (κ1) is 6.00. The van der Waals surface area contributed by atoms with Gasteiger partial charge in [-0.05, 0) is 17.6 Å². The lowest BCUT2D eigenvalue weighted by Gasteiger charge is -1.85. The number of nitrogens with zero attached hydrogens (tertiary/aromatic N) is 3. The van der Waals surface area contributed by atoms with Crippen LogP contribution in [0.4, 0.5) is 0 Å². The monoisotopic (exact) mass is 171 g/mol. The lowest BCUT2D eigenvalue weighted by molar-refractivity contribution is 1.16. The molecule has 2 aromatic rings. The van der Waals surface area contributed by atoms with Gasteiger partial charge in [0.25, 0.3) is 0 Å². The van der Waals surface area contributed by atoms with Gasteiger partial charge in [0.2, 0.25) is 0 Å². The predicted molar refractivity (Wildman–Crippen MR) is 40.2 cm³/mol. The van der Waals surface area contributed by atoms with E-state index in [0.29, 0.717) is 10.7 Å². The quantitative estimate of drug-likeness (QED) is 0.606. The van der Waals surface area contributed by atoms with Crippen LogP contribution < -0.4 is 0 Å². The molecule has 0 aliphatic carbocycles. The van der Waals surface area contributed by atoms with Gasteiger partial charge in [0.1, 0.15) is 4.70 Å². The Labute approximate surface area is 65.8 Å². The maximum atomic E-state index is 5.79. The first-order valence-electron chi connectivity index (χ1n) is 2.60. The molecule has 0 radical (unpaired) electrons. The van der Waals surface area contributed by atoms with E-state index in [1.807, 2.05) is 0 Å². The molecule has 0 unspecified atom stereocenters. The van der Waals surface area contributed by atoms with Crippen LogP contribution in [0.3, 0.4) is 0 Å². The fraction of sp³-hybridized carbons (Fsp3) is 0. The number of aromatic nitrogens is 3. The van der Waals surface area contributed by atoms with Crippen LogP contribution in [0.25, 0.3) is 10.3 Å². The normalized spacial score (nSPS) is 10.5. The molecule has 0 N–H and O–H groups in total. The molecular formula is C5H2ClN3S. The summed E-state index contributed by atoms with van der Waals surface area (Å²) in [4.78, 5) is 3.95. The van der Waals surface area contributed by atoms with Crippen molar-refractivity contribution >= 4 is 33.5 Å². The highest BCUT2D eigenvalue weighted by atomic mass is 35.5. The van der Waals surface area contributed by atoms with Crippen molar-refractivity contribution in [3.8, 4) is 0 Å². The highest BCUT2D eigenvalue weighted by Crippen LogP contribution is 2.21. The molecule has 2 aromatic heterocycles. The van der Waals surface area contributed by atoms with E-state index in [9.17, 15) is 0 Å². The second-order valence-electron chi connectivity index (χ2n) is 1.72. The van der Waals surface area contributed by atoms with Crippen LogP contribution in [0, 0.1) is 0 Å². The number of halogens is 1. The molecule has 0 saturated carbocycles. The van der Waals surface area contributed by atoms with Crippen molar-refractivity contribution in [3.63, 3.8) is 0 Å². The molecule has 0 fully saturated rings. The molecule has 2 rings (SSSR count). The van der Waals surface area contributed by atoms with E-state index in [1.54, 1.807) is 12.3 Å². The summed E-state index contributed by atoms with van der Waals surface area (Å²) >= 11 is 7.05. The first-order valence-corrected chi connectivity index (χ1v) is 3.75. The summed E-state index contributed by atoms with van der Waals surface area (Å²) in [6.45, 7) is 0. The van der Waals surface area contributed by atoms with Crippen molar-refractivity contribution in [2.45, 2.75) is 0 Å². The minimum Gasteiger partial charge on any atom is -0.234 e. The minimum absolute atomic E-state index is 0.623. The fourth-order valence-corrected chi connectivity index (χ4v) is 1.44. The maximum Gasteiger partial charge on any atom is 0.195 e. The molecule has 3 nitrogen and oxygen atoms in total. The molecule has 5 heteroatoms. The van der Waals surface area contributed by atoms with Gasteiger partial charge in [-0.1, -0.05) is 16.1 Å². The van der Waals surface area contributed by atoms with E-state index in [0.717, 1.165) is 4.70 Å². The molecule has 0 bridgehead atoms. The summed E-state index contributed by atoms with van der Waals surface area (Å²) in [5.41, 5.74) is 0.623. The van der Waals surface area contributed by atoms with Crippen LogP contribution in [-0.4, -0.2) is 14.6 Å². The van der Waals surface area contributed by atoms with Crippen molar-refractivity contribution in [2.24, 2.45) is 0 Å². The Kier molecular flexibility index (Phi) is 1.28. The Bertz CT molecular complexity index is 358. The topological polar surface area (TPSA) is 38.7 Å². The Morgan fingerprint density at radius 1 is 1.50 bits per heavy atom. The van der Waals surface area contributed by atoms with Crippen molar-refractivity contribution in [3.05, 3.63) is 17.3 Å². The van der Waals surface area contributed by atoms with E-state index >= 15 is 0 Å². The zero-order chi connectivity index (χ0) is 6.97. The third-order valence-electron chi connectivity index (χ3n) is 1.11. The van der Waals surface area contributed by atoms with Crippen molar-refractivity contribution in [2.75, 3.05) is 0 Å². The summed E-state index contributed by atoms with van der Waals surface area (Å²) in [7, 11) is 0. The zero-order valence-corrected chi connectivity index (χ0v) is 6.35. The van der Waals surface area contributed by atoms with E-state index in [1.165, 1.54) is 11.5 Å². The van der Waals surface area contributed by atoms with E-state index in [-0.39, 0.29) is 0 Å². The van der Waals surface area contributed by atoms with Crippen molar-refractivity contribution in [1.82, 2.24) is 14.6 Å². The molecule has 0 aliphatic rings.